The number of aromatic nitrogens is 3. The Balaban J connectivity index is 2.42. The highest BCUT2D eigenvalue weighted by Crippen LogP contribution is 2.24. The molecule has 0 aliphatic heterocycles. The van der Waals surface area contributed by atoms with Crippen LogP contribution in [0.1, 0.15) is 10.5 Å². The summed E-state index contributed by atoms with van der Waals surface area (Å²) in [6.45, 7) is 0. The van der Waals surface area contributed by atoms with E-state index in [1.165, 1.54) is 10.9 Å². The van der Waals surface area contributed by atoms with Crippen molar-refractivity contribution in [2.45, 2.75) is 0 Å². The van der Waals surface area contributed by atoms with Gasteiger partial charge in [0.05, 0.1) is 16.9 Å². The van der Waals surface area contributed by atoms with Gasteiger partial charge < -0.3 is 5.11 Å². The van der Waals surface area contributed by atoms with Crippen molar-refractivity contribution in [1.29, 1.82) is 0 Å². The molecule has 82 valence electrons. The standard InChI is InChI=1S/C9H5BrClN3O2/c10-6-2-1-5(3-7(6)11)14-4-8(9(15)16)12-13-14/h1-4H,(H,15,16). The molecule has 0 aliphatic carbocycles. The van der Waals surface area contributed by atoms with Crippen molar-refractivity contribution in [3.8, 4) is 5.69 Å². The summed E-state index contributed by atoms with van der Waals surface area (Å²) in [6, 6.07) is 5.15. The topological polar surface area (TPSA) is 68.0 Å². The number of carbonyl (C=O) groups is 1. The molecule has 0 fully saturated rings. The Kier molecular flexibility index (Phi) is 2.93. The summed E-state index contributed by atoms with van der Waals surface area (Å²) in [4.78, 5) is 10.6. The molecule has 2 aromatic rings. The Bertz CT molecular complexity index is 555. The zero-order chi connectivity index (χ0) is 11.7. The zero-order valence-corrected chi connectivity index (χ0v) is 10.1. The van der Waals surface area contributed by atoms with E-state index in [1.807, 2.05) is 0 Å². The molecule has 0 bridgehead atoms. The predicted octanol–water partition coefficient (Wildman–Crippen LogP) is 2.38. The van der Waals surface area contributed by atoms with E-state index in [1.54, 1.807) is 18.2 Å². The van der Waals surface area contributed by atoms with Gasteiger partial charge in [0.1, 0.15) is 0 Å². The molecular formula is C9H5BrClN3O2. The molecule has 16 heavy (non-hydrogen) atoms. The number of halogens is 2. The minimum Gasteiger partial charge on any atom is -0.476 e. The Morgan fingerprint density at radius 1 is 1.50 bits per heavy atom. The van der Waals surface area contributed by atoms with E-state index in [2.05, 4.69) is 26.2 Å². The van der Waals surface area contributed by atoms with Crippen LogP contribution >= 0.6 is 27.5 Å². The monoisotopic (exact) mass is 301 g/mol. The molecule has 7 heteroatoms. The van der Waals surface area contributed by atoms with Crippen molar-refractivity contribution in [2.24, 2.45) is 0 Å². The molecule has 0 unspecified atom stereocenters. The Hall–Kier alpha value is -1.40. The molecule has 0 amide bonds. The van der Waals surface area contributed by atoms with Crippen LogP contribution in [0.25, 0.3) is 5.69 Å². The van der Waals surface area contributed by atoms with Gasteiger partial charge in [-0.25, -0.2) is 9.48 Å². The molecule has 0 saturated heterocycles. The van der Waals surface area contributed by atoms with Crippen LogP contribution in [0.3, 0.4) is 0 Å². The third-order valence-electron chi connectivity index (χ3n) is 1.88. The number of nitrogens with zero attached hydrogens (tertiary/aromatic N) is 3. The van der Waals surface area contributed by atoms with E-state index in [0.29, 0.717) is 10.7 Å². The summed E-state index contributed by atoms with van der Waals surface area (Å²) in [7, 11) is 0. The summed E-state index contributed by atoms with van der Waals surface area (Å²) in [5, 5.41) is 16.4. The van der Waals surface area contributed by atoms with Crippen LogP contribution < -0.4 is 0 Å². The van der Waals surface area contributed by atoms with Gasteiger partial charge in [-0.15, -0.1) is 5.10 Å². The van der Waals surface area contributed by atoms with Crippen LogP contribution in [0.2, 0.25) is 5.02 Å². The number of aromatic carboxylic acids is 1. The van der Waals surface area contributed by atoms with Crippen LogP contribution in [0, 0.1) is 0 Å². The summed E-state index contributed by atoms with van der Waals surface area (Å²) >= 11 is 9.17. The Morgan fingerprint density at radius 3 is 2.81 bits per heavy atom. The number of carboxylic acids is 1. The number of hydrogen-bond donors (Lipinski definition) is 1. The highest BCUT2D eigenvalue weighted by molar-refractivity contribution is 9.10. The van der Waals surface area contributed by atoms with Gasteiger partial charge >= 0.3 is 5.97 Å². The lowest BCUT2D eigenvalue weighted by Crippen LogP contribution is -1.96. The predicted molar refractivity (Wildman–Crippen MR) is 61.0 cm³/mol. The van der Waals surface area contributed by atoms with Gasteiger partial charge in [-0.1, -0.05) is 16.8 Å². The highest BCUT2D eigenvalue weighted by Gasteiger charge is 2.09. The van der Waals surface area contributed by atoms with Crippen LogP contribution in [-0.4, -0.2) is 26.1 Å². The molecule has 0 atom stereocenters. The number of benzene rings is 1. The number of rotatable bonds is 2. The maximum absolute atomic E-state index is 10.6. The second kappa shape index (κ2) is 4.23. The fourth-order valence-corrected chi connectivity index (χ4v) is 1.54. The summed E-state index contributed by atoms with van der Waals surface area (Å²) in [5.41, 5.74) is 0.534. The van der Waals surface area contributed by atoms with Gasteiger partial charge in [0.15, 0.2) is 5.69 Å². The molecule has 0 aliphatic rings. The molecule has 0 radical (unpaired) electrons. The first kappa shape index (κ1) is 11.1. The third kappa shape index (κ3) is 2.07. The first-order valence-electron chi connectivity index (χ1n) is 4.19. The molecule has 0 saturated carbocycles. The molecule has 1 N–H and O–H groups in total. The van der Waals surface area contributed by atoms with Crippen molar-refractivity contribution < 1.29 is 9.90 Å². The van der Waals surface area contributed by atoms with Crippen molar-refractivity contribution in [3.05, 3.63) is 39.6 Å². The lowest BCUT2D eigenvalue weighted by molar-refractivity contribution is 0.0690. The number of carboxylic acid groups (broad SMARTS) is 1. The van der Waals surface area contributed by atoms with Crippen LogP contribution in [0.4, 0.5) is 0 Å². The highest BCUT2D eigenvalue weighted by atomic mass is 79.9. The largest absolute Gasteiger partial charge is 0.476 e. The fraction of sp³-hybridized carbons (Fsp3) is 0. The lowest BCUT2D eigenvalue weighted by atomic mass is 10.3. The van der Waals surface area contributed by atoms with Crippen molar-refractivity contribution in [3.63, 3.8) is 0 Å². The second-order valence-corrected chi connectivity index (χ2v) is 4.21. The van der Waals surface area contributed by atoms with E-state index < -0.39 is 5.97 Å². The van der Waals surface area contributed by atoms with Crippen LogP contribution in [-0.2, 0) is 0 Å². The van der Waals surface area contributed by atoms with E-state index >= 15 is 0 Å². The van der Waals surface area contributed by atoms with E-state index in [-0.39, 0.29) is 5.69 Å². The van der Waals surface area contributed by atoms with Gasteiger partial charge in [0.25, 0.3) is 0 Å². The SMILES string of the molecule is O=C(O)c1cn(-c2ccc(Br)c(Cl)c2)nn1. The molecule has 1 heterocycles. The second-order valence-electron chi connectivity index (χ2n) is 2.95. The third-order valence-corrected chi connectivity index (χ3v) is 3.11. The van der Waals surface area contributed by atoms with Gasteiger partial charge in [-0.05, 0) is 34.1 Å². The van der Waals surface area contributed by atoms with Gasteiger partial charge in [-0.3, -0.25) is 0 Å². The molecule has 2 rings (SSSR count). The maximum atomic E-state index is 10.6. The van der Waals surface area contributed by atoms with Gasteiger partial charge in [0, 0.05) is 4.47 Å². The van der Waals surface area contributed by atoms with E-state index in [4.69, 9.17) is 16.7 Å². The van der Waals surface area contributed by atoms with Gasteiger partial charge in [-0.2, -0.15) is 0 Å². The smallest absolute Gasteiger partial charge is 0.358 e. The fourth-order valence-electron chi connectivity index (χ4n) is 1.12. The minimum atomic E-state index is -1.12. The quantitative estimate of drug-likeness (QED) is 0.925. The zero-order valence-electron chi connectivity index (χ0n) is 7.76. The molecule has 5 nitrogen and oxygen atoms in total. The lowest BCUT2D eigenvalue weighted by Gasteiger charge is -2.01. The number of hydrogen-bond acceptors (Lipinski definition) is 3. The van der Waals surface area contributed by atoms with Gasteiger partial charge in [0.2, 0.25) is 0 Å². The summed E-state index contributed by atoms with van der Waals surface area (Å²) in [6.07, 6.45) is 1.32. The molecule has 1 aromatic heterocycles. The molecular weight excluding hydrogens is 297 g/mol. The normalized spacial score (nSPS) is 10.4. The molecule has 0 spiro atoms. The molecule has 1 aromatic carbocycles. The minimum absolute atomic E-state index is 0.112. The van der Waals surface area contributed by atoms with E-state index in [0.717, 1.165) is 4.47 Å². The van der Waals surface area contributed by atoms with Crippen LogP contribution in [0.5, 0.6) is 0 Å². The Morgan fingerprint density at radius 2 is 2.25 bits per heavy atom. The summed E-state index contributed by atoms with van der Waals surface area (Å²) in [5.74, 6) is -1.12. The average molecular weight is 303 g/mol. The van der Waals surface area contributed by atoms with Crippen LogP contribution in [0.15, 0.2) is 28.9 Å². The van der Waals surface area contributed by atoms with Crippen molar-refractivity contribution in [2.75, 3.05) is 0 Å². The first-order chi connectivity index (χ1) is 7.58. The van der Waals surface area contributed by atoms with E-state index in [9.17, 15) is 4.79 Å². The average Bonchev–Trinajstić information content (AvgIpc) is 2.71. The Labute approximate surface area is 104 Å². The van der Waals surface area contributed by atoms with Crippen molar-refractivity contribution in [1.82, 2.24) is 15.0 Å². The van der Waals surface area contributed by atoms with Crippen molar-refractivity contribution >= 4 is 33.5 Å². The first-order valence-corrected chi connectivity index (χ1v) is 5.36. The maximum Gasteiger partial charge on any atom is 0.358 e. The summed E-state index contributed by atoms with van der Waals surface area (Å²) < 4.78 is 2.11.